The fourth-order valence-electron chi connectivity index (χ4n) is 2.66. The highest BCUT2D eigenvalue weighted by Crippen LogP contribution is 2.32. The van der Waals surface area contributed by atoms with Gasteiger partial charge in [0.1, 0.15) is 6.61 Å². The average Bonchev–Trinajstić information content (AvgIpc) is 2.37. The lowest BCUT2D eigenvalue weighted by Crippen LogP contribution is -2.36. The molecule has 106 valence electrons. The predicted octanol–water partition coefficient (Wildman–Crippen LogP) is 4.54. The molecule has 0 amide bonds. The van der Waals surface area contributed by atoms with Gasteiger partial charge in [-0.2, -0.15) is 0 Å². The minimum absolute atomic E-state index is 0.568. The fourth-order valence-corrected chi connectivity index (χ4v) is 3.16. The van der Waals surface area contributed by atoms with Crippen molar-refractivity contribution in [2.75, 3.05) is 13.2 Å². The van der Waals surface area contributed by atoms with Crippen LogP contribution in [0.3, 0.4) is 0 Å². The Morgan fingerprint density at radius 2 is 2.00 bits per heavy atom. The Morgan fingerprint density at radius 1 is 1.26 bits per heavy atom. The van der Waals surface area contributed by atoms with Gasteiger partial charge in [-0.05, 0) is 30.9 Å². The number of halogens is 2. The Balaban J connectivity index is 1.72. The molecular formula is C15H21Cl2NO. The molecule has 1 saturated carbocycles. The molecule has 1 aromatic carbocycles. The highest BCUT2D eigenvalue weighted by atomic mass is 35.5. The van der Waals surface area contributed by atoms with Gasteiger partial charge in [-0.25, -0.2) is 0 Å². The number of benzene rings is 1. The summed E-state index contributed by atoms with van der Waals surface area (Å²) in [6.45, 7) is 3.75. The first-order valence-electron chi connectivity index (χ1n) is 6.97. The van der Waals surface area contributed by atoms with Crippen LogP contribution in [0.15, 0.2) is 18.2 Å². The maximum atomic E-state index is 6.05. The van der Waals surface area contributed by atoms with Crippen molar-refractivity contribution in [1.29, 1.82) is 0 Å². The van der Waals surface area contributed by atoms with Crippen LogP contribution in [0.1, 0.15) is 32.6 Å². The molecule has 1 aliphatic carbocycles. The van der Waals surface area contributed by atoms with Crippen molar-refractivity contribution in [3.8, 4) is 5.75 Å². The zero-order valence-corrected chi connectivity index (χ0v) is 12.8. The highest BCUT2D eigenvalue weighted by molar-refractivity contribution is 6.37. The van der Waals surface area contributed by atoms with Crippen molar-refractivity contribution < 1.29 is 4.74 Å². The van der Waals surface area contributed by atoms with E-state index in [9.17, 15) is 0 Å². The number of rotatable bonds is 5. The van der Waals surface area contributed by atoms with Crippen LogP contribution in [0.5, 0.6) is 5.75 Å². The molecule has 0 radical (unpaired) electrons. The minimum Gasteiger partial charge on any atom is -0.489 e. The minimum atomic E-state index is 0.568. The standard InChI is InChI=1S/C15H21Cl2NO/c1-11-4-2-5-12(10-11)18-8-9-19-15-13(16)6-3-7-14(15)17/h3,6-7,11-12,18H,2,4-5,8-10H2,1H3. The summed E-state index contributed by atoms with van der Waals surface area (Å²) < 4.78 is 5.66. The lowest BCUT2D eigenvalue weighted by Gasteiger charge is -2.27. The van der Waals surface area contributed by atoms with Crippen LogP contribution in [0, 0.1) is 5.92 Å². The summed E-state index contributed by atoms with van der Waals surface area (Å²) in [6, 6.07) is 6.03. The summed E-state index contributed by atoms with van der Waals surface area (Å²) in [5, 5.41) is 4.69. The summed E-state index contributed by atoms with van der Waals surface area (Å²) in [6.07, 6.45) is 5.24. The lowest BCUT2D eigenvalue weighted by atomic mass is 9.87. The van der Waals surface area contributed by atoms with Crippen LogP contribution in [-0.4, -0.2) is 19.2 Å². The molecule has 0 spiro atoms. The molecule has 1 N–H and O–H groups in total. The maximum absolute atomic E-state index is 6.05. The summed E-state index contributed by atoms with van der Waals surface area (Å²) in [5.41, 5.74) is 0. The average molecular weight is 302 g/mol. The van der Waals surface area contributed by atoms with Crippen LogP contribution in [0.4, 0.5) is 0 Å². The SMILES string of the molecule is CC1CCCC(NCCOc2c(Cl)cccc2Cl)C1. The normalized spacial score (nSPS) is 23.3. The molecular weight excluding hydrogens is 281 g/mol. The van der Waals surface area contributed by atoms with Crippen LogP contribution in [0.2, 0.25) is 10.0 Å². The van der Waals surface area contributed by atoms with Crippen molar-refractivity contribution in [2.45, 2.75) is 38.6 Å². The molecule has 2 rings (SSSR count). The Hall–Kier alpha value is -0.440. The third-order valence-electron chi connectivity index (χ3n) is 3.64. The Bertz CT molecular complexity index is 391. The van der Waals surface area contributed by atoms with Crippen LogP contribution < -0.4 is 10.1 Å². The summed E-state index contributed by atoms with van der Waals surface area (Å²) >= 11 is 12.1. The number of hydrogen-bond acceptors (Lipinski definition) is 2. The van der Waals surface area contributed by atoms with E-state index >= 15 is 0 Å². The van der Waals surface area contributed by atoms with E-state index < -0.39 is 0 Å². The maximum Gasteiger partial charge on any atom is 0.156 e. The largest absolute Gasteiger partial charge is 0.489 e. The van der Waals surface area contributed by atoms with E-state index in [1.165, 1.54) is 25.7 Å². The second-order valence-electron chi connectivity index (χ2n) is 5.32. The molecule has 2 unspecified atom stereocenters. The van der Waals surface area contributed by atoms with Gasteiger partial charge < -0.3 is 10.1 Å². The van der Waals surface area contributed by atoms with Gasteiger partial charge in [0.05, 0.1) is 10.0 Å². The van der Waals surface area contributed by atoms with Crippen molar-refractivity contribution in [2.24, 2.45) is 5.92 Å². The molecule has 2 atom stereocenters. The van der Waals surface area contributed by atoms with Gasteiger partial charge in [-0.3, -0.25) is 0 Å². The molecule has 4 heteroatoms. The summed E-state index contributed by atoms with van der Waals surface area (Å²) in [4.78, 5) is 0. The molecule has 0 aliphatic heterocycles. The molecule has 2 nitrogen and oxygen atoms in total. The zero-order valence-electron chi connectivity index (χ0n) is 11.3. The first kappa shape index (κ1) is 15.0. The van der Waals surface area contributed by atoms with Gasteiger partial charge in [0.2, 0.25) is 0 Å². The molecule has 19 heavy (non-hydrogen) atoms. The molecule has 0 aromatic heterocycles. The first-order chi connectivity index (χ1) is 9.16. The van der Waals surface area contributed by atoms with E-state index in [4.69, 9.17) is 27.9 Å². The van der Waals surface area contributed by atoms with Crippen molar-refractivity contribution in [3.63, 3.8) is 0 Å². The van der Waals surface area contributed by atoms with Crippen molar-refractivity contribution >= 4 is 23.2 Å². The van der Waals surface area contributed by atoms with Gasteiger partial charge in [0.15, 0.2) is 5.75 Å². The van der Waals surface area contributed by atoms with Gasteiger partial charge >= 0.3 is 0 Å². The van der Waals surface area contributed by atoms with Gasteiger partial charge in [-0.15, -0.1) is 0 Å². The van der Waals surface area contributed by atoms with Crippen LogP contribution in [-0.2, 0) is 0 Å². The number of nitrogens with one attached hydrogen (secondary N) is 1. The molecule has 0 bridgehead atoms. The zero-order chi connectivity index (χ0) is 13.7. The summed E-state index contributed by atoms with van der Waals surface area (Å²) in [5.74, 6) is 1.43. The monoisotopic (exact) mass is 301 g/mol. The highest BCUT2D eigenvalue weighted by Gasteiger charge is 2.17. The van der Waals surface area contributed by atoms with Gasteiger partial charge in [0, 0.05) is 12.6 Å². The lowest BCUT2D eigenvalue weighted by molar-refractivity contribution is 0.266. The molecule has 1 fully saturated rings. The number of hydrogen-bond donors (Lipinski definition) is 1. The third-order valence-corrected chi connectivity index (χ3v) is 4.23. The van der Waals surface area contributed by atoms with Crippen LogP contribution >= 0.6 is 23.2 Å². The topological polar surface area (TPSA) is 21.3 Å². The van der Waals surface area contributed by atoms with Crippen molar-refractivity contribution in [3.05, 3.63) is 28.2 Å². The van der Waals surface area contributed by atoms with E-state index in [0.29, 0.717) is 28.4 Å². The van der Waals surface area contributed by atoms with Gasteiger partial charge in [-0.1, -0.05) is 49.0 Å². The third kappa shape index (κ3) is 4.55. The number of ether oxygens (including phenoxy) is 1. The van der Waals surface area contributed by atoms with Crippen LogP contribution in [0.25, 0.3) is 0 Å². The predicted molar refractivity (Wildman–Crippen MR) is 81.4 cm³/mol. The van der Waals surface area contributed by atoms with Gasteiger partial charge in [0.25, 0.3) is 0 Å². The number of para-hydroxylation sites is 1. The smallest absolute Gasteiger partial charge is 0.156 e. The molecule has 1 aliphatic rings. The quantitative estimate of drug-likeness (QED) is 0.806. The van der Waals surface area contributed by atoms with E-state index in [1.54, 1.807) is 12.1 Å². The molecule has 1 aromatic rings. The first-order valence-corrected chi connectivity index (χ1v) is 7.72. The van der Waals surface area contributed by atoms with E-state index in [0.717, 1.165) is 12.5 Å². The van der Waals surface area contributed by atoms with E-state index in [1.807, 2.05) is 6.07 Å². The van der Waals surface area contributed by atoms with Crippen molar-refractivity contribution in [1.82, 2.24) is 5.32 Å². The summed E-state index contributed by atoms with van der Waals surface area (Å²) in [7, 11) is 0. The Kier molecular flexibility index (Phi) is 5.80. The van der Waals surface area contributed by atoms with E-state index in [2.05, 4.69) is 12.2 Å². The molecule has 0 heterocycles. The van der Waals surface area contributed by atoms with E-state index in [-0.39, 0.29) is 0 Å². The second kappa shape index (κ2) is 7.37. The Morgan fingerprint density at radius 3 is 2.68 bits per heavy atom. The molecule has 0 saturated heterocycles. The second-order valence-corrected chi connectivity index (χ2v) is 6.14. The fraction of sp³-hybridized carbons (Fsp3) is 0.600. The Labute approximate surface area is 125 Å².